The lowest BCUT2D eigenvalue weighted by molar-refractivity contribution is -0.113. The smallest absolute Gasteiger partial charge is 0.234 e. The first-order chi connectivity index (χ1) is 14.5. The fourth-order valence-corrected chi connectivity index (χ4v) is 3.61. The largest absolute Gasteiger partial charge is 0.494 e. The van der Waals surface area contributed by atoms with Gasteiger partial charge in [-0.15, -0.1) is 5.10 Å². The number of benzene rings is 2. The number of tetrazole rings is 1. The van der Waals surface area contributed by atoms with E-state index in [0.29, 0.717) is 35.6 Å². The third kappa shape index (κ3) is 5.29. The van der Waals surface area contributed by atoms with Crippen LogP contribution < -0.4 is 14.8 Å². The van der Waals surface area contributed by atoms with Crippen molar-refractivity contribution in [3.63, 3.8) is 0 Å². The summed E-state index contributed by atoms with van der Waals surface area (Å²) < 4.78 is 12.8. The van der Waals surface area contributed by atoms with Gasteiger partial charge in [-0.05, 0) is 61.9 Å². The van der Waals surface area contributed by atoms with Gasteiger partial charge in [0.05, 0.1) is 30.3 Å². The fourth-order valence-electron chi connectivity index (χ4n) is 2.92. The summed E-state index contributed by atoms with van der Waals surface area (Å²) in [5, 5.41) is 15.3. The van der Waals surface area contributed by atoms with E-state index in [2.05, 4.69) is 26.9 Å². The third-order valence-corrected chi connectivity index (χ3v) is 5.11. The van der Waals surface area contributed by atoms with Gasteiger partial charge < -0.3 is 14.8 Å². The minimum atomic E-state index is -0.190. The van der Waals surface area contributed by atoms with Crippen LogP contribution >= 0.6 is 11.8 Å². The summed E-state index contributed by atoms with van der Waals surface area (Å²) in [4.78, 5) is 12.6. The zero-order valence-electron chi connectivity index (χ0n) is 17.5. The van der Waals surface area contributed by atoms with Crippen LogP contribution in [0, 0.1) is 13.8 Å². The lowest BCUT2D eigenvalue weighted by atomic mass is 10.1. The maximum absolute atomic E-state index is 12.6. The minimum absolute atomic E-state index is 0.149. The van der Waals surface area contributed by atoms with Crippen molar-refractivity contribution >= 4 is 23.4 Å². The number of aryl methyl sites for hydroxylation is 2. The lowest BCUT2D eigenvalue weighted by Crippen LogP contribution is -2.15. The number of ether oxygens (including phenoxy) is 2. The van der Waals surface area contributed by atoms with E-state index in [1.807, 2.05) is 45.9 Å². The average Bonchev–Trinajstić information content (AvgIpc) is 3.17. The van der Waals surface area contributed by atoms with Crippen LogP contribution in [0.1, 0.15) is 25.0 Å². The van der Waals surface area contributed by atoms with Crippen LogP contribution in [0.5, 0.6) is 11.5 Å². The molecule has 0 saturated heterocycles. The Morgan fingerprint density at radius 2 is 1.90 bits per heavy atom. The molecule has 1 N–H and O–H groups in total. The molecule has 0 saturated carbocycles. The van der Waals surface area contributed by atoms with Crippen molar-refractivity contribution < 1.29 is 14.3 Å². The van der Waals surface area contributed by atoms with Crippen LogP contribution in [-0.2, 0) is 4.79 Å². The SMILES string of the molecule is CCOc1ccc(OCC)c(NC(=O)CSc2nnnn2-c2ccc(C)cc2C)c1. The molecule has 1 aromatic heterocycles. The Kier molecular flexibility index (Phi) is 7.29. The van der Waals surface area contributed by atoms with E-state index in [4.69, 9.17) is 9.47 Å². The number of carbonyl (C=O) groups is 1. The highest BCUT2D eigenvalue weighted by Crippen LogP contribution is 2.30. The molecular weight excluding hydrogens is 402 g/mol. The Balaban J connectivity index is 1.70. The molecule has 1 heterocycles. The second kappa shape index (κ2) is 10.1. The predicted octanol–water partition coefficient (Wildman–Crippen LogP) is 3.81. The summed E-state index contributed by atoms with van der Waals surface area (Å²) in [5.74, 6) is 1.22. The topological polar surface area (TPSA) is 91.2 Å². The summed E-state index contributed by atoms with van der Waals surface area (Å²) in [7, 11) is 0. The van der Waals surface area contributed by atoms with Crippen LogP contribution in [0.15, 0.2) is 41.6 Å². The zero-order chi connectivity index (χ0) is 21.5. The van der Waals surface area contributed by atoms with E-state index in [1.54, 1.807) is 16.8 Å². The summed E-state index contributed by atoms with van der Waals surface area (Å²) in [6, 6.07) is 11.4. The van der Waals surface area contributed by atoms with Crippen LogP contribution in [0.3, 0.4) is 0 Å². The lowest BCUT2D eigenvalue weighted by Gasteiger charge is -2.13. The standard InChI is InChI=1S/C21H25N5O3S/c1-5-28-16-8-10-19(29-6-2)17(12-16)22-20(27)13-30-21-23-24-25-26(21)18-9-7-14(3)11-15(18)4/h7-12H,5-6,13H2,1-4H3,(H,22,27). The highest BCUT2D eigenvalue weighted by atomic mass is 32.2. The fraction of sp³-hybridized carbons (Fsp3) is 0.333. The van der Waals surface area contributed by atoms with Crippen molar-refractivity contribution in [2.45, 2.75) is 32.9 Å². The molecule has 0 aliphatic heterocycles. The molecule has 0 bridgehead atoms. The minimum Gasteiger partial charge on any atom is -0.494 e. The molecule has 0 unspecified atom stereocenters. The highest BCUT2D eigenvalue weighted by Gasteiger charge is 2.15. The van der Waals surface area contributed by atoms with Crippen molar-refractivity contribution in [3.05, 3.63) is 47.5 Å². The number of aromatic nitrogens is 4. The van der Waals surface area contributed by atoms with Crippen LogP contribution in [0.2, 0.25) is 0 Å². The van der Waals surface area contributed by atoms with Crippen molar-refractivity contribution in [1.82, 2.24) is 20.2 Å². The zero-order valence-corrected chi connectivity index (χ0v) is 18.3. The van der Waals surface area contributed by atoms with Crippen molar-refractivity contribution in [2.75, 3.05) is 24.3 Å². The molecule has 0 aliphatic carbocycles. The number of carbonyl (C=O) groups excluding carboxylic acids is 1. The number of nitrogens with zero attached hydrogens (tertiary/aromatic N) is 4. The summed E-state index contributed by atoms with van der Waals surface area (Å²) in [5.41, 5.74) is 3.68. The third-order valence-electron chi connectivity index (χ3n) is 4.19. The number of hydrogen-bond acceptors (Lipinski definition) is 7. The van der Waals surface area contributed by atoms with E-state index in [9.17, 15) is 4.79 Å². The van der Waals surface area contributed by atoms with Gasteiger partial charge in [-0.2, -0.15) is 4.68 Å². The normalized spacial score (nSPS) is 10.7. The summed E-state index contributed by atoms with van der Waals surface area (Å²) in [6.07, 6.45) is 0. The Morgan fingerprint density at radius 3 is 2.63 bits per heavy atom. The molecule has 2 aromatic carbocycles. The van der Waals surface area contributed by atoms with Crippen LogP contribution in [0.25, 0.3) is 5.69 Å². The van der Waals surface area contributed by atoms with Gasteiger partial charge in [-0.3, -0.25) is 4.79 Å². The van der Waals surface area contributed by atoms with Gasteiger partial charge in [0.15, 0.2) is 0 Å². The van der Waals surface area contributed by atoms with E-state index in [0.717, 1.165) is 16.8 Å². The molecule has 1 amide bonds. The van der Waals surface area contributed by atoms with Crippen LogP contribution in [0.4, 0.5) is 5.69 Å². The molecule has 3 aromatic rings. The maximum atomic E-state index is 12.6. The summed E-state index contributed by atoms with van der Waals surface area (Å²) >= 11 is 1.27. The van der Waals surface area contributed by atoms with E-state index in [-0.39, 0.29) is 11.7 Å². The quantitative estimate of drug-likeness (QED) is 0.519. The molecule has 158 valence electrons. The molecule has 0 spiro atoms. The number of rotatable bonds is 9. The average molecular weight is 428 g/mol. The van der Waals surface area contributed by atoms with Gasteiger partial charge >= 0.3 is 0 Å². The molecule has 3 rings (SSSR count). The Labute approximate surface area is 180 Å². The second-order valence-corrected chi connectivity index (χ2v) is 7.47. The highest BCUT2D eigenvalue weighted by molar-refractivity contribution is 7.99. The van der Waals surface area contributed by atoms with Crippen molar-refractivity contribution in [2.24, 2.45) is 0 Å². The monoisotopic (exact) mass is 427 g/mol. The number of hydrogen-bond donors (Lipinski definition) is 1. The Hall–Kier alpha value is -3.07. The predicted molar refractivity (Wildman–Crippen MR) is 117 cm³/mol. The van der Waals surface area contributed by atoms with Crippen LogP contribution in [-0.4, -0.2) is 45.1 Å². The molecule has 30 heavy (non-hydrogen) atoms. The van der Waals surface area contributed by atoms with Gasteiger partial charge in [-0.1, -0.05) is 29.5 Å². The van der Waals surface area contributed by atoms with Gasteiger partial charge in [0.25, 0.3) is 0 Å². The molecule has 8 nitrogen and oxygen atoms in total. The first-order valence-electron chi connectivity index (χ1n) is 9.70. The number of amides is 1. The number of thioether (sulfide) groups is 1. The molecule has 9 heteroatoms. The van der Waals surface area contributed by atoms with Gasteiger partial charge in [0.2, 0.25) is 11.1 Å². The van der Waals surface area contributed by atoms with Gasteiger partial charge in [0.1, 0.15) is 11.5 Å². The first-order valence-corrected chi connectivity index (χ1v) is 10.7. The second-order valence-electron chi connectivity index (χ2n) is 6.52. The Bertz CT molecular complexity index is 1020. The number of anilines is 1. The molecular formula is C21H25N5O3S. The molecule has 0 radical (unpaired) electrons. The first kappa shape index (κ1) is 21.6. The number of nitrogens with one attached hydrogen (secondary N) is 1. The summed E-state index contributed by atoms with van der Waals surface area (Å²) in [6.45, 7) is 8.88. The molecule has 0 aliphatic rings. The van der Waals surface area contributed by atoms with Gasteiger partial charge in [0, 0.05) is 6.07 Å². The van der Waals surface area contributed by atoms with E-state index >= 15 is 0 Å². The van der Waals surface area contributed by atoms with Gasteiger partial charge in [-0.25, -0.2) is 0 Å². The molecule has 0 atom stereocenters. The van der Waals surface area contributed by atoms with Crippen molar-refractivity contribution in [1.29, 1.82) is 0 Å². The maximum Gasteiger partial charge on any atom is 0.234 e. The molecule has 0 fully saturated rings. The Morgan fingerprint density at radius 1 is 1.10 bits per heavy atom. The van der Waals surface area contributed by atoms with E-state index < -0.39 is 0 Å². The van der Waals surface area contributed by atoms with Crippen molar-refractivity contribution in [3.8, 4) is 17.2 Å². The van der Waals surface area contributed by atoms with E-state index in [1.165, 1.54) is 11.8 Å².